The van der Waals surface area contributed by atoms with Crippen molar-refractivity contribution in [2.45, 2.75) is 32.6 Å². The molecule has 0 spiro atoms. The lowest BCUT2D eigenvalue weighted by molar-refractivity contribution is 0.573. The van der Waals surface area contributed by atoms with E-state index < -0.39 is 10.0 Å². The van der Waals surface area contributed by atoms with E-state index in [0.717, 1.165) is 30.9 Å². The molecule has 1 aromatic heterocycles. The molecule has 0 aromatic carbocycles. The van der Waals surface area contributed by atoms with Crippen LogP contribution in [0.15, 0.2) is 11.6 Å². The third-order valence-electron chi connectivity index (χ3n) is 2.59. The average Bonchev–Trinajstić information content (AvgIpc) is 2.86. The van der Waals surface area contributed by atoms with Gasteiger partial charge in [0.05, 0.1) is 10.8 Å². The SMILES string of the molecule is CCCNCCCCS(=O)(=O)NCCc1nccs1. The molecule has 0 aliphatic carbocycles. The van der Waals surface area contributed by atoms with Crippen molar-refractivity contribution >= 4 is 21.4 Å². The van der Waals surface area contributed by atoms with Crippen molar-refractivity contribution in [2.24, 2.45) is 0 Å². The van der Waals surface area contributed by atoms with E-state index in [1.165, 1.54) is 0 Å². The van der Waals surface area contributed by atoms with Gasteiger partial charge in [-0.2, -0.15) is 0 Å². The van der Waals surface area contributed by atoms with Gasteiger partial charge in [0.1, 0.15) is 0 Å². The zero-order valence-electron chi connectivity index (χ0n) is 11.4. The summed E-state index contributed by atoms with van der Waals surface area (Å²) in [5.74, 6) is 0.207. The Bertz CT molecular complexity index is 418. The first-order valence-corrected chi connectivity index (χ1v) is 9.23. The first-order chi connectivity index (χ1) is 9.14. The molecule has 0 fully saturated rings. The third-order valence-corrected chi connectivity index (χ3v) is 4.90. The summed E-state index contributed by atoms with van der Waals surface area (Å²) in [6.45, 7) is 4.44. The van der Waals surface area contributed by atoms with Crippen molar-refractivity contribution < 1.29 is 8.42 Å². The van der Waals surface area contributed by atoms with E-state index in [1.807, 2.05) is 5.38 Å². The van der Waals surface area contributed by atoms with Crippen molar-refractivity contribution in [2.75, 3.05) is 25.4 Å². The molecule has 110 valence electrons. The van der Waals surface area contributed by atoms with Crippen LogP contribution in [0.3, 0.4) is 0 Å². The van der Waals surface area contributed by atoms with Gasteiger partial charge in [0.2, 0.25) is 10.0 Å². The molecular weight excluding hydrogens is 282 g/mol. The summed E-state index contributed by atoms with van der Waals surface area (Å²) in [6.07, 6.45) is 5.10. The lowest BCUT2D eigenvalue weighted by atomic mass is 10.3. The Morgan fingerprint density at radius 2 is 2.11 bits per heavy atom. The minimum atomic E-state index is -3.13. The van der Waals surface area contributed by atoms with Gasteiger partial charge in [-0.15, -0.1) is 11.3 Å². The van der Waals surface area contributed by atoms with Crippen LogP contribution in [-0.4, -0.2) is 38.8 Å². The van der Waals surface area contributed by atoms with Crippen molar-refractivity contribution in [1.29, 1.82) is 0 Å². The molecule has 0 atom stereocenters. The highest BCUT2D eigenvalue weighted by Crippen LogP contribution is 2.04. The standard InChI is InChI=1S/C12H23N3O2S2/c1-2-6-13-7-3-4-11-19(16,17)15-8-5-12-14-9-10-18-12/h9-10,13,15H,2-8,11H2,1H3. The molecule has 0 amide bonds. The van der Waals surface area contributed by atoms with Gasteiger partial charge in [0.25, 0.3) is 0 Å². The maximum atomic E-state index is 11.7. The maximum Gasteiger partial charge on any atom is 0.211 e. The second-order valence-corrected chi connectivity index (χ2v) is 7.25. The van der Waals surface area contributed by atoms with E-state index in [4.69, 9.17) is 0 Å². The van der Waals surface area contributed by atoms with E-state index in [1.54, 1.807) is 17.5 Å². The van der Waals surface area contributed by atoms with Crippen LogP contribution in [0, 0.1) is 0 Å². The van der Waals surface area contributed by atoms with E-state index in [-0.39, 0.29) is 5.75 Å². The number of sulfonamides is 1. The van der Waals surface area contributed by atoms with Gasteiger partial charge >= 0.3 is 0 Å². The van der Waals surface area contributed by atoms with Crippen LogP contribution in [-0.2, 0) is 16.4 Å². The highest BCUT2D eigenvalue weighted by atomic mass is 32.2. The Kier molecular flexibility index (Phi) is 8.20. The number of nitrogens with zero attached hydrogens (tertiary/aromatic N) is 1. The molecule has 0 aliphatic heterocycles. The van der Waals surface area contributed by atoms with Crippen LogP contribution < -0.4 is 10.0 Å². The molecule has 1 rings (SSSR count). The van der Waals surface area contributed by atoms with Crippen LogP contribution in [0.4, 0.5) is 0 Å². The Morgan fingerprint density at radius 3 is 2.79 bits per heavy atom. The van der Waals surface area contributed by atoms with E-state index in [0.29, 0.717) is 19.4 Å². The first-order valence-electron chi connectivity index (χ1n) is 6.70. The highest BCUT2D eigenvalue weighted by Gasteiger charge is 2.09. The Balaban J connectivity index is 2.07. The Morgan fingerprint density at radius 1 is 1.26 bits per heavy atom. The first kappa shape index (κ1) is 16.6. The molecule has 0 bridgehead atoms. The summed E-state index contributed by atoms with van der Waals surface area (Å²) in [5, 5.41) is 6.12. The summed E-state index contributed by atoms with van der Waals surface area (Å²) >= 11 is 1.55. The Labute approximate surface area is 119 Å². The maximum absolute atomic E-state index is 11.7. The molecule has 0 aliphatic rings. The number of thiazole rings is 1. The van der Waals surface area contributed by atoms with Gasteiger partial charge in [0, 0.05) is 24.5 Å². The minimum absolute atomic E-state index is 0.207. The van der Waals surface area contributed by atoms with Crippen molar-refractivity contribution in [3.05, 3.63) is 16.6 Å². The summed E-state index contributed by atoms with van der Waals surface area (Å²) < 4.78 is 26.0. The molecule has 0 saturated heterocycles. The molecular formula is C12H23N3O2S2. The van der Waals surface area contributed by atoms with Gasteiger partial charge < -0.3 is 5.32 Å². The fourth-order valence-electron chi connectivity index (χ4n) is 1.61. The normalized spacial score (nSPS) is 11.8. The van der Waals surface area contributed by atoms with Crippen LogP contribution in [0.5, 0.6) is 0 Å². The van der Waals surface area contributed by atoms with Crippen LogP contribution >= 0.6 is 11.3 Å². The quantitative estimate of drug-likeness (QED) is 0.606. The van der Waals surface area contributed by atoms with E-state index in [9.17, 15) is 8.42 Å². The van der Waals surface area contributed by atoms with Gasteiger partial charge in [-0.3, -0.25) is 0 Å². The zero-order chi connectivity index (χ0) is 14.0. The summed E-state index contributed by atoms with van der Waals surface area (Å²) in [5.41, 5.74) is 0. The second kappa shape index (κ2) is 9.41. The molecule has 5 nitrogen and oxygen atoms in total. The smallest absolute Gasteiger partial charge is 0.211 e. The number of hydrogen-bond donors (Lipinski definition) is 2. The number of hydrogen-bond acceptors (Lipinski definition) is 5. The third kappa shape index (κ3) is 8.30. The van der Waals surface area contributed by atoms with Gasteiger partial charge in [-0.05, 0) is 32.4 Å². The minimum Gasteiger partial charge on any atom is -0.317 e. The monoisotopic (exact) mass is 305 g/mol. The van der Waals surface area contributed by atoms with Crippen molar-refractivity contribution in [3.63, 3.8) is 0 Å². The summed E-state index contributed by atoms with van der Waals surface area (Å²) in [6, 6.07) is 0. The van der Waals surface area contributed by atoms with Crippen molar-refractivity contribution in [1.82, 2.24) is 15.0 Å². The van der Waals surface area contributed by atoms with Gasteiger partial charge in [0.15, 0.2) is 0 Å². The largest absolute Gasteiger partial charge is 0.317 e. The Hall–Kier alpha value is -0.500. The molecule has 0 unspecified atom stereocenters. The van der Waals surface area contributed by atoms with Crippen molar-refractivity contribution in [3.8, 4) is 0 Å². The topological polar surface area (TPSA) is 71.1 Å². The van der Waals surface area contributed by atoms with E-state index in [2.05, 4.69) is 21.9 Å². The molecule has 0 saturated carbocycles. The summed E-state index contributed by atoms with van der Waals surface area (Å²) in [4.78, 5) is 4.12. The molecule has 2 N–H and O–H groups in total. The molecule has 1 aromatic rings. The predicted octanol–water partition coefficient (Wildman–Crippen LogP) is 1.38. The van der Waals surface area contributed by atoms with Crippen LogP contribution in [0.1, 0.15) is 31.2 Å². The van der Waals surface area contributed by atoms with Gasteiger partial charge in [-0.1, -0.05) is 6.92 Å². The van der Waals surface area contributed by atoms with Gasteiger partial charge in [-0.25, -0.2) is 18.1 Å². The predicted molar refractivity (Wildman–Crippen MR) is 80.0 cm³/mol. The average molecular weight is 305 g/mol. The van der Waals surface area contributed by atoms with E-state index >= 15 is 0 Å². The number of aromatic nitrogens is 1. The number of nitrogens with one attached hydrogen (secondary N) is 2. The van der Waals surface area contributed by atoms with Crippen LogP contribution in [0.2, 0.25) is 0 Å². The second-order valence-electron chi connectivity index (χ2n) is 4.35. The fourth-order valence-corrected chi connectivity index (χ4v) is 3.37. The fraction of sp³-hybridized carbons (Fsp3) is 0.750. The number of rotatable bonds is 11. The molecule has 0 radical (unpaired) electrons. The molecule has 1 heterocycles. The lowest BCUT2D eigenvalue weighted by Crippen LogP contribution is -2.28. The van der Waals surface area contributed by atoms with Crippen LogP contribution in [0.25, 0.3) is 0 Å². The molecule has 7 heteroatoms. The highest BCUT2D eigenvalue weighted by molar-refractivity contribution is 7.89. The zero-order valence-corrected chi connectivity index (χ0v) is 13.0. The molecule has 19 heavy (non-hydrogen) atoms. The number of unbranched alkanes of at least 4 members (excludes halogenated alkanes) is 1. The summed E-state index contributed by atoms with van der Waals surface area (Å²) in [7, 11) is -3.13. The lowest BCUT2D eigenvalue weighted by Gasteiger charge is -2.06.